The van der Waals surface area contributed by atoms with Crippen LogP contribution in [0.5, 0.6) is 5.75 Å². The van der Waals surface area contributed by atoms with E-state index in [9.17, 15) is 4.39 Å². The summed E-state index contributed by atoms with van der Waals surface area (Å²) in [6.07, 6.45) is 2.09. The lowest BCUT2D eigenvalue weighted by Gasteiger charge is -2.37. The Balaban J connectivity index is 2.07. The van der Waals surface area contributed by atoms with Gasteiger partial charge in [0.15, 0.2) is 0 Å². The number of hydrogen-bond acceptors (Lipinski definition) is 2. The molecule has 1 aromatic rings. The lowest BCUT2D eigenvalue weighted by atomic mass is 9.78. The Kier molecular flexibility index (Phi) is 3.67. The number of rotatable bonds is 2. The number of halogens is 1. The first-order valence-corrected chi connectivity index (χ1v) is 6.24. The Hall–Kier alpha value is -1.09. The fourth-order valence-electron chi connectivity index (χ4n) is 2.79. The fourth-order valence-corrected chi connectivity index (χ4v) is 2.79. The Morgan fingerprint density at radius 1 is 1.29 bits per heavy atom. The van der Waals surface area contributed by atoms with Crippen LogP contribution < -0.4 is 10.5 Å². The Labute approximate surface area is 102 Å². The maximum absolute atomic E-state index is 13.1. The molecule has 1 aliphatic rings. The number of nitrogens with two attached hydrogens (primary N) is 1. The standard InChI is InChI=1S/C14H20FNO/c1-9-6-10(2)14(13(16)7-9)17-12-5-3-4-11(15)8-12/h3-5,8-10,13-14H,6-7,16H2,1-2H3. The minimum atomic E-state index is -0.270. The molecule has 3 heteroatoms. The van der Waals surface area contributed by atoms with Gasteiger partial charge in [0.05, 0.1) is 0 Å². The molecule has 0 aliphatic heterocycles. The third kappa shape index (κ3) is 2.97. The predicted molar refractivity (Wildman–Crippen MR) is 66.4 cm³/mol. The van der Waals surface area contributed by atoms with E-state index in [0.29, 0.717) is 17.6 Å². The van der Waals surface area contributed by atoms with Crippen molar-refractivity contribution in [3.8, 4) is 5.75 Å². The first-order valence-electron chi connectivity index (χ1n) is 6.24. The van der Waals surface area contributed by atoms with Crippen LogP contribution >= 0.6 is 0 Å². The maximum Gasteiger partial charge on any atom is 0.126 e. The van der Waals surface area contributed by atoms with Gasteiger partial charge in [-0.05, 0) is 36.8 Å². The van der Waals surface area contributed by atoms with Crippen molar-refractivity contribution >= 4 is 0 Å². The Bertz CT molecular complexity index is 370. The highest BCUT2D eigenvalue weighted by atomic mass is 19.1. The van der Waals surface area contributed by atoms with Crippen molar-refractivity contribution in [3.63, 3.8) is 0 Å². The van der Waals surface area contributed by atoms with Gasteiger partial charge in [0.25, 0.3) is 0 Å². The lowest BCUT2D eigenvalue weighted by molar-refractivity contribution is 0.0623. The minimum absolute atomic E-state index is 0.00648. The van der Waals surface area contributed by atoms with Crippen LogP contribution in [0.25, 0.3) is 0 Å². The first kappa shape index (κ1) is 12.4. The molecule has 1 aliphatic carbocycles. The highest BCUT2D eigenvalue weighted by Crippen LogP contribution is 2.31. The molecule has 0 bridgehead atoms. The normalized spacial score (nSPS) is 33.4. The quantitative estimate of drug-likeness (QED) is 0.858. The second-order valence-electron chi connectivity index (χ2n) is 5.26. The largest absolute Gasteiger partial charge is 0.488 e. The smallest absolute Gasteiger partial charge is 0.126 e. The molecule has 2 N–H and O–H groups in total. The van der Waals surface area contributed by atoms with Crippen molar-refractivity contribution in [2.45, 2.75) is 38.8 Å². The van der Waals surface area contributed by atoms with Crippen LogP contribution in [0, 0.1) is 17.7 Å². The van der Waals surface area contributed by atoms with Crippen molar-refractivity contribution in [1.82, 2.24) is 0 Å². The van der Waals surface area contributed by atoms with Crippen LogP contribution in [-0.4, -0.2) is 12.1 Å². The van der Waals surface area contributed by atoms with E-state index >= 15 is 0 Å². The summed E-state index contributed by atoms with van der Waals surface area (Å²) < 4.78 is 18.9. The molecule has 0 aromatic heterocycles. The van der Waals surface area contributed by atoms with Gasteiger partial charge < -0.3 is 10.5 Å². The van der Waals surface area contributed by atoms with Gasteiger partial charge in [0, 0.05) is 12.1 Å². The minimum Gasteiger partial charge on any atom is -0.488 e. The van der Waals surface area contributed by atoms with Crippen LogP contribution in [-0.2, 0) is 0 Å². The molecule has 0 radical (unpaired) electrons. The predicted octanol–water partition coefficient (Wildman–Crippen LogP) is 2.97. The Morgan fingerprint density at radius 2 is 2.06 bits per heavy atom. The summed E-state index contributed by atoms with van der Waals surface area (Å²) in [7, 11) is 0. The average molecular weight is 237 g/mol. The van der Waals surface area contributed by atoms with E-state index in [-0.39, 0.29) is 18.0 Å². The lowest BCUT2D eigenvalue weighted by Crippen LogP contribution is -2.48. The molecule has 0 heterocycles. The molecule has 0 spiro atoms. The van der Waals surface area contributed by atoms with Gasteiger partial charge in [-0.2, -0.15) is 0 Å². The third-order valence-corrected chi connectivity index (χ3v) is 3.50. The summed E-state index contributed by atoms with van der Waals surface area (Å²) in [5, 5.41) is 0. The summed E-state index contributed by atoms with van der Waals surface area (Å²) in [6, 6.07) is 6.31. The second-order valence-corrected chi connectivity index (χ2v) is 5.26. The van der Waals surface area contributed by atoms with E-state index in [1.807, 2.05) is 0 Å². The molecule has 2 rings (SSSR count). The molecular formula is C14H20FNO. The van der Waals surface area contributed by atoms with E-state index in [1.54, 1.807) is 12.1 Å². The molecule has 17 heavy (non-hydrogen) atoms. The molecular weight excluding hydrogens is 217 g/mol. The fraction of sp³-hybridized carbons (Fsp3) is 0.571. The van der Waals surface area contributed by atoms with E-state index in [1.165, 1.54) is 12.1 Å². The third-order valence-electron chi connectivity index (χ3n) is 3.50. The van der Waals surface area contributed by atoms with E-state index in [4.69, 9.17) is 10.5 Å². The van der Waals surface area contributed by atoms with E-state index in [0.717, 1.165) is 12.8 Å². The summed E-state index contributed by atoms with van der Waals surface area (Å²) in [5.74, 6) is 1.36. The molecule has 2 nitrogen and oxygen atoms in total. The van der Waals surface area contributed by atoms with Gasteiger partial charge >= 0.3 is 0 Å². The van der Waals surface area contributed by atoms with Crippen molar-refractivity contribution in [2.24, 2.45) is 17.6 Å². The highest BCUT2D eigenvalue weighted by Gasteiger charge is 2.33. The van der Waals surface area contributed by atoms with E-state index in [2.05, 4.69) is 13.8 Å². The molecule has 94 valence electrons. The SMILES string of the molecule is CC1CC(C)C(Oc2cccc(F)c2)C(N)C1. The zero-order chi connectivity index (χ0) is 12.4. The van der Waals surface area contributed by atoms with Crippen LogP contribution in [0.4, 0.5) is 4.39 Å². The zero-order valence-electron chi connectivity index (χ0n) is 10.4. The van der Waals surface area contributed by atoms with Gasteiger partial charge in [-0.25, -0.2) is 4.39 Å². The molecule has 0 saturated heterocycles. The number of benzene rings is 1. The van der Waals surface area contributed by atoms with Crippen LogP contribution in [0.15, 0.2) is 24.3 Å². The van der Waals surface area contributed by atoms with Gasteiger partial charge in [-0.1, -0.05) is 19.9 Å². The van der Waals surface area contributed by atoms with Crippen molar-refractivity contribution < 1.29 is 9.13 Å². The maximum atomic E-state index is 13.1. The van der Waals surface area contributed by atoms with Crippen molar-refractivity contribution in [1.29, 1.82) is 0 Å². The van der Waals surface area contributed by atoms with Crippen LogP contribution in [0.3, 0.4) is 0 Å². The summed E-state index contributed by atoms with van der Waals surface area (Å²) in [4.78, 5) is 0. The average Bonchev–Trinajstić information content (AvgIpc) is 2.23. The van der Waals surface area contributed by atoms with Gasteiger partial charge in [-0.15, -0.1) is 0 Å². The highest BCUT2D eigenvalue weighted by molar-refractivity contribution is 5.23. The molecule has 1 fully saturated rings. The number of ether oxygens (including phenoxy) is 1. The van der Waals surface area contributed by atoms with Crippen molar-refractivity contribution in [2.75, 3.05) is 0 Å². The molecule has 4 unspecified atom stereocenters. The summed E-state index contributed by atoms with van der Waals surface area (Å²) >= 11 is 0. The Morgan fingerprint density at radius 3 is 2.71 bits per heavy atom. The van der Waals surface area contributed by atoms with Crippen LogP contribution in [0.2, 0.25) is 0 Å². The van der Waals surface area contributed by atoms with E-state index < -0.39 is 0 Å². The second kappa shape index (κ2) is 5.05. The van der Waals surface area contributed by atoms with Crippen LogP contribution in [0.1, 0.15) is 26.7 Å². The van der Waals surface area contributed by atoms with Gasteiger partial charge in [0.1, 0.15) is 17.7 Å². The zero-order valence-corrected chi connectivity index (χ0v) is 10.4. The topological polar surface area (TPSA) is 35.2 Å². The van der Waals surface area contributed by atoms with Crippen molar-refractivity contribution in [3.05, 3.63) is 30.1 Å². The monoisotopic (exact) mass is 237 g/mol. The molecule has 1 saturated carbocycles. The van der Waals surface area contributed by atoms with Gasteiger partial charge in [-0.3, -0.25) is 0 Å². The summed E-state index contributed by atoms with van der Waals surface area (Å²) in [5.41, 5.74) is 6.13. The molecule has 0 amide bonds. The summed E-state index contributed by atoms with van der Waals surface area (Å²) in [6.45, 7) is 4.37. The number of hydrogen-bond donors (Lipinski definition) is 1. The molecule has 4 atom stereocenters. The first-order chi connectivity index (χ1) is 8.06. The molecule has 1 aromatic carbocycles. The van der Waals surface area contributed by atoms with Gasteiger partial charge in [0.2, 0.25) is 0 Å².